The molecule has 6 nitrogen and oxygen atoms in total. The number of carboxylic acids is 1. The third kappa shape index (κ3) is 4.24. The highest BCUT2D eigenvalue weighted by Crippen LogP contribution is 2.38. The minimum absolute atomic E-state index is 0.00940. The van der Waals surface area contributed by atoms with Gasteiger partial charge in [-0.05, 0) is 42.7 Å². The predicted octanol–water partition coefficient (Wildman–Crippen LogP) is 2.97. The molecule has 0 aliphatic heterocycles. The number of rotatable bonds is 6. The Bertz CT molecular complexity index is 830. The fourth-order valence-electron chi connectivity index (χ4n) is 2.52. The van der Waals surface area contributed by atoms with Gasteiger partial charge in [-0.15, -0.1) is 11.3 Å². The van der Waals surface area contributed by atoms with Crippen molar-refractivity contribution in [2.75, 3.05) is 5.32 Å². The van der Waals surface area contributed by atoms with E-state index in [4.69, 9.17) is 5.11 Å². The fraction of sp³-hybridized carbons (Fsp3) is 0.278. The SMILES string of the molecule is CC1CC1C(=O)Nc1cccc(C(=O)NCc2ccc(C(=O)O)s2)c1. The first-order valence-corrected chi connectivity index (χ1v) is 8.77. The third-order valence-corrected chi connectivity index (χ3v) is 5.21. The van der Waals surface area contributed by atoms with Gasteiger partial charge in [-0.3, -0.25) is 9.59 Å². The van der Waals surface area contributed by atoms with E-state index in [1.807, 2.05) is 6.92 Å². The van der Waals surface area contributed by atoms with Gasteiger partial charge in [-0.25, -0.2) is 4.79 Å². The molecule has 2 atom stereocenters. The zero-order chi connectivity index (χ0) is 18.0. The molecule has 3 N–H and O–H groups in total. The second-order valence-electron chi connectivity index (χ2n) is 6.14. The number of nitrogens with one attached hydrogen (secondary N) is 2. The van der Waals surface area contributed by atoms with Crippen LogP contribution >= 0.6 is 11.3 Å². The maximum Gasteiger partial charge on any atom is 0.345 e. The van der Waals surface area contributed by atoms with Gasteiger partial charge in [0.05, 0.1) is 6.54 Å². The lowest BCUT2D eigenvalue weighted by Gasteiger charge is -2.08. The Morgan fingerprint density at radius 2 is 2.00 bits per heavy atom. The Labute approximate surface area is 148 Å². The van der Waals surface area contributed by atoms with E-state index in [2.05, 4.69) is 10.6 Å². The molecule has 0 saturated heterocycles. The summed E-state index contributed by atoms with van der Waals surface area (Å²) in [6.45, 7) is 2.29. The summed E-state index contributed by atoms with van der Waals surface area (Å²) in [5, 5.41) is 14.5. The molecule has 1 aromatic carbocycles. The third-order valence-electron chi connectivity index (χ3n) is 4.13. The van der Waals surface area contributed by atoms with Gasteiger partial charge in [-0.2, -0.15) is 0 Å². The summed E-state index contributed by atoms with van der Waals surface area (Å²) in [5.41, 5.74) is 1.04. The lowest BCUT2D eigenvalue weighted by atomic mass is 10.2. The van der Waals surface area contributed by atoms with E-state index in [1.54, 1.807) is 30.3 Å². The smallest absolute Gasteiger partial charge is 0.345 e. The Hall–Kier alpha value is -2.67. The number of aromatic carboxylic acids is 1. The Morgan fingerprint density at radius 3 is 2.64 bits per heavy atom. The molecule has 0 radical (unpaired) electrons. The molecule has 1 aromatic heterocycles. The van der Waals surface area contributed by atoms with Gasteiger partial charge in [0.25, 0.3) is 5.91 Å². The Balaban J connectivity index is 1.58. The number of carbonyl (C=O) groups excluding carboxylic acids is 2. The maximum atomic E-state index is 12.3. The first-order valence-electron chi connectivity index (χ1n) is 7.95. The molecule has 1 fully saturated rings. The zero-order valence-electron chi connectivity index (χ0n) is 13.6. The van der Waals surface area contributed by atoms with Crippen LogP contribution < -0.4 is 10.6 Å². The van der Waals surface area contributed by atoms with Crippen LogP contribution in [0.1, 0.15) is 38.3 Å². The highest BCUT2D eigenvalue weighted by molar-refractivity contribution is 7.13. The van der Waals surface area contributed by atoms with Crippen molar-refractivity contribution in [3.05, 3.63) is 51.7 Å². The van der Waals surface area contributed by atoms with Crippen molar-refractivity contribution in [3.8, 4) is 0 Å². The second kappa shape index (κ2) is 7.06. The van der Waals surface area contributed by atoms with E-state index in [9.17, 15) is 14.4 Å². The van der Waals surface area contributed by atoms with Crippen LogP contribution in [0, 0.1) is 11.8 Å². The quantitative estimate of drug-likeness (QED) is 0.740. The molecule has 2 aromatic rings. The van der Waals surface area contributed by atoms with Gasteiger partial charge >= 0.3 is 5.97 Å². The Morgan fingerprint density at radius 1 is 1.24 bits per heavy atom. The number of thiophene rings is 1. The van der Waals surface area contributed by atoms with Crippen molar-refractivity contribution in [2.45, 2.75) is 19.9 Å². The van der Waals surface area contributed by atoms with Crippen molar-refractivity contribution in [1.29, 1.82) is 0 Å². The van der Waals surface area contributed by atoms with E-state index in [1.165, 1.54) is 6.07 Å². The molecule has 2 amide bonds. The highest BCUT2D eigenvalue weighted by atomic mass is 32.1. The monoisotopic (exact) mass is 358 g/mol. The zero-order valence-corrected chi connectivity index (χ0v) is 14.4. The van der Waals surface area contributed by atoms with Crippen molar-refractivity contribution in [1.82, 2.24) is 5.32 Å². The minimum Gasteiger partial charge on any atom is -0.477 e. The van der Waals surface area contributed by atoms with Crippen molar-refractivity contribution in [2.24, 2.45) is 11.8 Å². The van der Waals surface area contributed by atoms with Crippen LogP contribution in [0.4, 0.5) is 5.69 Å². The normalized spacial score (nSPS) is 18.4. The summed E-state index contributed by atoms with van der Waals surface area (Å²) in [7, 11) is 0. The fourth-order valence-corrected chi connectivity index (χ4v) is 3.30. The molecule has 1 heterocycles. The molecule has 0 spiro atoms. The molecule has 7 heteroatoms. The molecule has 130 valence electrons. The number of anilines is 1. The van der Waals surface area contributed by atoms with E-state index in [-0.39, 0.29) is 29.2 Å². The number of amides is 2. The second-order valence-corrected chi connectivity index (χ2v) is 7.31. The van der Waals surface area contributed by atoms with Gasteiger partial charge in [0.2, 0.25) is 5.91 Å². The average Bonchev–Trinajstić information content (AvgIpc) is 3.13. The van der Waals surface area contributed by atoms with Gasteiger partial charge in [0.15, 0.2) is 0 Å². The van der Waals surface area contributed by atoms with Crippen LogP contribution in [0.15, 0.2) is 36.4 Å². The summed E-state index contributed by atoms with van der Waals surface area (Å²) in [6.07, 6.45) is 0.908. The lowest BCUT2D eigenvalue weighted by Crippen LogP contribution is -2.22. The van der Waals surface area contributed by atoms with E-state index >= 15 is 0 Å². The van der Waals surface area contributed by atoms with Gasteiger partial charge < -0.3 is 15.7 Å². The largest absolute Gasteiger partial charge is 0.477 e. The standard InChI is InChI=1S/C18H18N2O4S/c1-10-7-14(10)17(22)20-12-4-2-3-11(8-12)16(21)19-9-13-5-6-15(25-13)18(23)24/h2-6,8,10,14H,7,9H2,1H3,(H,19,21)(H,20,22)(H,23,24). The van der Waals surface area contributed by atoms with Crippen molar-refractivity contribution in [3.63, 3.8) is 0 Å². The molecule has 2 unspecified atom stereocenters. The van der Waals surface area contributed by atoms with E-state index in [0.717, 1.165) is 22.6 Å². The molecule has 1 saturated carbocycles. The van der Waals surface area contributed by atoms with Crippen molar-refractivity contribution < 1.29 is 19.5 Å². The molecule has 25 heavy (non-hydrogen) atoms. The van der Waals surface area contributed by atoms with E-state index in [0.29, 0.717) is 17.2 Å². The molecule has 1 aliphatic rings. The number of hydrogen-bond donors (Lipinski definition) is 3. The van der Waals surface area contributed by atoms with Crippen molar-refractivity contribution >= 4 is 34.8 Å². The number of benzene rings is 1. The van der Waals surface area contributed by atoms with Crippen LogP contribution in [0.3, 0.4) is 0 Å². The Kier molecular flexibility index (Phi) is 4.85. The predicted molar refractivity (Wildman–Crippen MR) is 94.8 cm³/mol. The van der Waals surface area contributed by atoms with Gasteiger partial charge in [0.1, 0.15) is 4.88 Å². The summed E-state index contributed by atoms with van der Waals surface area (Å²) >= 11 is 1.13. The average molecular weight is 358 g/mol. The molecular weight excluding hydrogens is 340 g/mol. The summed E-state index contributed by atoms with van der Waals surface area (Å²) in [4.78, 5) is 36.1. The summed E-state index contributed by atoms with van der Waals surface area (Å²) < 4.78 is 0. The summed E-state index contributed by atoms with van der Waals surface area (Å²) in [6, 6.07) is 9.97. The topological polar surface area (TPSA) is 95.5 Å². The minimum atomic E-state index is -0.976. The molecule has 0 bridgehead atoms. The number of carboxylic acid groups (broad SMARTS) is 1. The van der Waals surface area contributed by atoms with Crippen LogP contribution in [0.2, 0.25) is 0 Å². The maximum absolute atomic E-state index is 12.3. The first-order chi connectivity index (χ1) is 11.9. The number of carbonyl (C=O) groups is 3. The van der Waals surface area contributed by atoms with Gasteiger partial charge in [-0.1, -0.05) is 13.0 Å². The first kappa shape index (κ1) is 17.2. The highest BCUT2D eigenvalue weighted by Gasteiger charge is 2.39. The molecular formula is C18H18N2O4S. The molecule has 3 rings (SSSR count). The molecule has 1 aliphatic carbocycles. The van der Waals surface area contributed by atoms with Crippen LogP contribution in [-0.4, -0.2) is 22.9 Å². The van der Waals surface area contributed by atoms with Gasteiger partial charge in [0, 0.05) is 22.0 Å². The van der Waals surface area contributed by atoms with E-state index < -0.39 is 5.97 Å². The van der Waals surface area contributed by atoms with Crippen LogP contribution in [0.5, 0.6) is 0 Å². The van der Waals surface area contributed by atoms with Crippen LogP contribution in [-0.2, 0) is 11.3 Å². The van der Waals surface area contributed by atoms with Crippen LogP contribution in [0.25, 0.3) is 0 Å². The lowest BCUT2D eigenvalue weighted by molar-refractivity contribution is -0.117. The summed E-state index contributed by atoms with van der Waals surface area (Å²) in [5.74, 6) is -0.769. The number of hydrogen-bond acceptors (Lipinski definition) is 4.